The molecule has 0 fully saturated rings. The van der Waals surface area contributed by atoms with Crippen LogP contribution in [0.1, 0.15) is 90.9 Å². The van der Waals surface area contributed by atoms with Crippen LogP contribution in [0.15, 0.2) is 0 Å². The van der Waals surface area contributed by atoms with E-state index >= 15 is 0 Å². The van der Waals surface area contributed by atoms with E-state index in [1.807, 2.05) is 0 Å². The molecule has 0 amide bonds. The number of thiol groups is 1. The zero-order valence-electron chi connectivity index (χ0n) is 17.3. The summed E-state index contributed by atoms with van der Waals surface area (Å²) in [4.78, 5) is 19.0. The molecule has 4 radical (unpaired) electrons. The minimum atomic E-state index is -1.06. The summed E-state index contributed by atoms with van der Waals surface area (Å²) in [5.41, 5.74) is 0. The van der Waals surface area contributed by atoms with Gasteiger partial charge in [0.1, 0.15) is 0 Å². The van der Waals surface area contributed by atoms with Gasteiger partial charge in [-0.05, 0) is 6.42 Å². The molecule has 0 rings (SSSR count). The predicted molar refractivity (Wildman–Crippen MR) is 122 cm³/mol. The molecule has 0 aromatic heterocycles. The zero-order valence-corrected chi connectivity index (χ0v) is 21.9. The van der Waals surface area contributed by atoms with E-state index in [-0.39, 0.29) is 42.5 Å². The first kappa shape index (κ1) is 38.1. The van der Waals surface area contributed by atoms with Crippen molar-refractivity contribution in [2.75, 3.05) is 11.5 Å². The number of carboxylic acids is 2. The first-order valence-corrected chi connectivity index (χ1v) is 10.8. The number of aliphatic carboxylic acids is 2. The molecule has 160 valence electrons. The molecular weight excluding hydrogens is 487 g/mol. The molecule has 0 saturated carbocycles. The topological polar surface area (TPSA) is 77.4 Å². The Morgan fingerprint density at radius 2 is 1.33 bits per heavy atom. The van der Waals surface area contributed by atoms with Crippen LogP contribution in [0.25, 0.3) is 0 Å². The maximum Gasteiger partial charge on any atom is 2.00 e. The molecule has 0 aromatic rings. The number of unbranched alkanes of at least 4 members (excludes halogenated alkanes) is 8. The van der Waals surface area contributed by atoms with Gasteiger partial charge in [-0.2, -0.15) is 18.4 Å². The molecule has 4 nitrogen and oxygen atoms in total. The Morgan fingerprint density at radius 3 is 1.44 bits per heavy atom. The van der Waals surface area contributed by atoms with Crippen molar-refractivity contribution in [3.8, 4) is 0 Å². The molecule has 27 heavy (non-hydrogen) atoms. The summed E-state index contributed by atoms with van der Waals surface area (Å²) in [6.07, 6.45) is 13.2. The van der Waals surface area contributed by atoms with Gasteiger partial charge in [0.25, 0.3) is 0 Å². The largest absolute Gasteiger partial charge is 2.00 e. The van der Waals surface area contributed by atoms with Gasteiger partial charge < -0.3 is 27.6 Å². The van der Waals surface area contributed by atoms with Crippen molar-refractivity contribution >= 4 is 61.1 Å². The number of carboxylic acid groups (broad SMARTS) is 2. The van der Waals surface area contributed by atoms with Crippen LogP contribution in [0, 0.1) is 13.8 Å². The van der Waals surface area contributed by atoms with Gasteiger partial charge in [-0.15, -0.1) is 0 Å². The van der Waals surface area contributed by atoms with E-state index in [1.54, 1.807) is 0 Å². The fourth-order valence-electron chi connectivity index (χ4n) is 1.39. The molecular formula is C20H40O4S2Sn. The number of rotatable bonds is 12. The number of hydrogen-bond acceptors (Lipinski definition) is 5. The number of carbonyl (C=O) groups excluding carboxylic acids is 1. The van der Waals surface area contributed by atoms with E-state index in [9.17, 15) is 14.7 Å². The summed E-state index contributed by atoms with van der Waals surface area (Å²) in [7, 11) is 0. The van der Waals surface area contributed by atoms with Crippen molar-refractivity contribution in [1.82, 2.24) is 0 Å². The summed E-state index contributed by atoms with van der Waals surface area (Å²) in [6, 6.07) is 0. The molecule has 7 heteroatoms. The summed E-state index contributed by atoms with van der Waals surface area (Å²) >= 11 is 7.99. The van der Waals surface area contributed by atoms with E-state index in [0.717, 1.165) is 12.8 Å². The Labute approximate surface area is 196 Å². The third kappa shape index (κ3) is 75.7. The maximum absolute atomic E-state index is 9.55. The van der Waals surface area contributed by atoms with Crippen LogP contribution in [0.4, 0.5) is 0 Å². The Balaban J connectivity index is -0.0000000789. The van der Waals surface area contributed by atoms with Gasteiger partial charge >= 0.3 is 29.9 Å². The molecule has 0 aliphatic rings. The number of carbonyl (C=O) groups is 2. The maximum atomic E-state index is 9.55. The fraction of sp³-hybridized carbons (Fsp3) is 0.800. The van der Waals surface area contributed by atoms with E-state index in [2.05, 4.69) is 53.0 Å². The van der Waals surface area contributed by atoms with Crippen molar-refractivity contribution in [3.63, 3.8) is 0 Å². The van der Waals surface area contributed by atoms with Crippen LogP contribution in [0.2, 0.25) is 0 Å². The third-order valence-corrected chi connectivity index (χ3v) is 3.27. The molecule has 0 saturated heterocycles. The first-order valence-electron chi connectivity index (χ1n) is 9.56. The second-order valence-corrected chi connectivity index (χ2v) is 6.38. The monoisotopic (exact) mass is 528 g/mol. The minimum absolute atomic E-state index is 0. The SMILES string of the molecule is O=C(O)CCS.O=C([O-])CC[S-].[CH2]CCCCCC.[CH2]CCCCCC.[Sn+2]. The average Bonchev–Trinajstić information content (AvgIpc) is 2.57. The van der Waals surface area contributed by atoms with Crippen molar-refractivity contribution in [1.29, 1.82) is 0 Å². The van der Waals surface area contributed by atoms with Gasteiger partial charge in [-0.3, -0.25) is 4.79 Å². The average molecular weight is 527 g/mol. The van der Waals surface area contributed by atoms with Crippen LogP contribution < -0.4 is 5.11 Å². The molecule has 0 atom stereocenters. The van der Waals surface area contributed by atoms with Gasteiger partial charge in [0.15, 0.2) is 0 Å². The summed E-state index contributed by atoms with van der Waals surface area (Å²) in [5.74, 6) is -1.17. The molecule has 0 bridgehead atoms. The molecule has 1 N–H and O–H groups in total. The quantitative estimate of drug-likeness (QED) is 0.172. The van der Waals surface area contributed by atoms with E-state index in [4.69, 9.17) is 5.11 Å². The number of hydrogen-bond donors (Lipinski definition) is 2. The second kappa shape index (κ2) is 41.0. The molecule has 0 aromatic carbocycles. The van der Waals surface area contributed by atoms with Crippen LogP contribution >= 0.6 is 12.6 Å². The third-order valence-electron chi connectivity index (χ3n) is 2.84. The Morgan fingerprint density at radius 1 is 0.926 bits per heavy atom. The molecule has 0 aliphatic heterocycles. The van der Waals surface area contributed by atoms with Gasteiger partial charge in [0.2, 0.25) is 0 Å². The van der Waals surface area contributed by atoms with E-state index in [0.29, 0.717) is 5.75 Å². The first-order chi connectivity index (χ1) is 12.4. The zero-order chi connectivity index (χ0) is 21.1. The van der Waals surface area contributed by atoms with Crippen molar-refractivity contribution in [2.24, 2.45) is 0 Å². The molecule has 0 spiro atoms. The molecule has 0 aliphatic carbocycles. The van der Waals surface area contributed by atoms with Crippen LogP contribution in [0.5, 0.6) is 0 Å². The Kier molecular flexibility index (Phi) is 57.8. The van der Waals surface area contributed by atoms with Crippen LogP contribution in [-0.4, -0.2) is 52.5 Å². The minimum Gasteiger partial charge on any atom is -0.792 e. The van der Waals surface area contributed by atoms with Crippen LogP contribution in [0.3, 0.4) is 0 Å². The van der Waals surface area contributed by atoms with Gasteiger partial charge in [0.05, 0.1) is 6.42 Å². The fourth-order valence-corrected chi connectivity index (χ4v) is 1.74. The summed E-state index contributed by atoms with van der Waals surface area (Å²) in [6.45, 7) is 12.0. The van der Waals surface area contributed by atoms with Gasteiger partial charge in [0, 0.05) is 11.7 Å². The normalized spacial score (nSPS) is 8.52. The smallest absolute Gasteiger partial charge is 0.792 e. The predicted octanol–water partition coefficient (Wildman–Crippen LogP) is 4.27. The van der Waals surface area contributed by atoms with Crippen molar-refractivity contribution < 1.29 is 19.8 Å². The second-order valence-electron chi connectivity index (χ2n) is 5.52. The van der Waals surface area contributed by atoms with Gasteiger partial charge in [-0.1, -0.05) is 91.9 Å². The molecule has 0 heterocycles. The summed E-state index contributed by atoms with van der Waals surface area (Å²) < 4.78 is 0. The van der Waals surface area contributed by atoms with Crippen molar-refractivity contribution in [3.05, 3.63) is 13.8 Å². The van der Waals surface area contributed by atoms with E-state index in [1.165, 1.54) is 51.4 Å². The van der Waals surface area contributed by atoms with E-state index < -0.39 is 11.9 Å². The Bertz CT molecular complexity index is 234. The standard InChI is InChI=1S/2C7H15.2C3H6O2S.Sn/c2*1-3-5-7-6-4-2;2*4-3(5)1-2-6;/h2*1,3-7H2,2H3;2*6H,1-2H2,(H,4,5);/q;;;;+2/p-2. The van der Waals surface area contributed by atoms with Crippen molar-refractivity contribution in [2.45, 2.75) is 90.9 Å². The molecule has 0 unspecified atom stereocenters. The van der Waals surface area contributed by atoms with Gasteiger partial charge in [-0.25, -0.2) is 0 Å². The van der Waals surface area contributed by atoms with Crippen LogP contribution in [-0.2, 0) is 22.2 Å². The summed E-state index contributed by atoms with van der Waals surface area (Å²) in [5, 5.41) is 17.3. The Hall–Kier alpha value is 0.439.